The van der Waals surface area contributed by atoms with Gasteiger partial charge in [0.25, 0.3) is 0 Å². The number of hydrogen-bond acceptors (Lipinski definition) is 4. The second-order valence-corrected chi connectivity index (χ2v) is 7.29. The first-order chi connectivity index (χ1) is 9.92. The summed E-state index contributed by atoms with van der Waals surface area (Å²) in [5.41, 5.74) is 5.87. The number of rotatable bonds is 6. The molecule has 2 aromatic rings. The van der Waals surface area contributed by atoms with Gasteiger partial charge in [-0.15, -0.1) is 11.3 Å². The molecule has 2 rings (SSSR count). The molecule has 21 heavy (non-hydrogen) atoms. The summed E-state index contributed by atoms with van der Waals surface area (Å²) in [6.45, 7) is 9.33. The molecule has 1 N–H and O–H groups in total. The van der Waals surface area contributed by atoms with Crippen molar-refractivity contribution >= 4 is 11.3 Å². The van der Waals surface area contributed by atoms with Crippen molar-refractivity contribution in [1.29, 1.82) is 0 Å². The van der Waals surface area contributed by atoms with E-state index >= 15 is 0 Å². The average Bonchev–Trinajstić information content (AvgIpc) is 2.88. The van der Waals surface area contributed by atoms with E-state index in [0.717, 1.165) is 25.3 Å². The van der Waals surface area contributed by atoms with Gasteiger partial charge in [0.2, 0.25) is 0 Å². The highest BCUT2D eigenvalue weighted by Gasteiger charge is 2.09. The molecule has 3 nitrogen and oxygen atoms in total. The van der Waals surface area contributed by atoms with Crippen LogP contribution in [0.15, 0.2) is 35.2 Å². The minimum Gasteiger partial charge on any atom is -0.308 e. The van der Waals surface area contributed by atoms with Crippen LogP contribution < -0.4 is 5.32 Å². The van der Waals surface area contributed by atoms with E-state index in [1.165, 1.54) is 11.1 Å². The number of nitrogens with one attached hydrogen (secondary N) is 1. The van der Waals surface area contributed by atoms with E-state index in [9.17, 15) is 0 Å². The smallest absolute Gasteiger partial charge is 0.0795 e. The Hall–Kier alpha value is -1.23. The summed E-state index contributed by atoms with van der Waals surface area (Å²) in [6.07, 6.45) is 0. The maximum atomic E-state index is 4.34. The predicted molar refractivity (Wildman–Crippen MR) is 90.3 cm³/mol. The van der Waals surface area contributed by atoms with Crippen molar-refractivity contribution in [2.24, 2.45) is 0 Å². The third-order valence-electron chi connectivity index (χ3n) is 3.18. The minimum absolute atomic E-state index is 0.150. The van der Waals surface area contributed by atoms with Gasteiger partial charge in [-0.2, -0.15) is 0 Å². The van der Waals surface area contributed by atoms with Crippen molar-refractivity contribution in [3.8, 4) is 0 Å². The molecule has 0 bridgehead atoms. The lowest BCUT2D eigenvalue weighted by atomic mass is 10.1. The van der Waals surface area contributed by atoms with E-state index in [2.05, 4.69) is 72.7 Å². The Balaban J connectivity index is 1.91. The maximum Gasteiger partial charge on any atom is 0.0795 e. The fourth-order valence-electron chi connectivity index (χ4n) is 2.16. The lowest BCUT2D eigenvalue weighted by molar-refractivity contribution is 0.315. The summed E-state index contributed by atoms with van der Waals surface area (Å²) >= 11 is 1.65. The van der Waals surface area contributed by atoms with Crippen molar-refractivity contribution < 1.29 is 0 Å². The molecule has 1 aromatic heterocycles. The Labute approximate surface area is 132 Å². The zero-order valence-corrected chi connectivity index (χ0v) is 14.2. The normalized spacial score (nSPS) is 12.0. The monoisotopic (exact) mass is 303 g/mol. The Bertz CT molecular complexity index is 543. The molecule has 0 amide bonds. The van der Waals surface area contributed by atoms with Crippen LogP contribution in [0.1, 0.15) is 37.6 Å². The van der Waals surface area contributed by atoms with Gasteiger partial charge in [-0.1, -0.05) is 24.3 Å². The molecule has 0 spiro atoms. The molecule has 0 unspecified atom stereocenters. The second kappa shape index (κ2) is 7.16. The summed E-state index contributed by atoms with van der Waals surface area (Å²) in [7, 11) is 2.14. The Kier molecular flexibility index (Phi) is 5.51. The van der Waals surface area contributed by atoms with Crippen molar-refractivity contribution in [2.45, 2.75) is 45.9 Å². The van der Waals surface area contributed by atoms with Gasteiger partial charge in [0.15, 0.2) is 0 Å². The van der Waals surface area contributed by atoms with Gasteiger partial charge in [-0.05, 0) is 38.9 Å². The molecular weight excluding hydrogens is 278 g/mol. The van der Waals surface area contributed by atoms with Crippen LogP contribution in [0.2, 0.25) is 0 Å². The summed E-state index contributed by atoms with van der Waals surface area (Å²) in [5.74, 6) is 0. The number of benzene rings is 1. The molecular formula is C17H25N3S. The molecule has 4 heteroatoms. The molecule has 0 saturated heterocycles. The molecule has 1 aromatic carbocycles. The minimum atomic E-state index is 0.150. The maximum absolute atomic E-state index is 4.34. The van der Waals surface area contributed by atoms with E-state index < -0.39 is 0 Å². The highest BCUT2D eigenvalue weighted by molar-refractivity contribution is 7.07. The van der Waals surface area contributed by atoms with E-state index in [0.29, 0.717) is 0 Å². The molecule has 0 aliphatic heterocycles. The first-order valence-electron chi connectivity index (χ1n) is 7.31. The molecule has 114 valence electrons. The Morgan fingerprint density at radius 3 is 2.62 bits per heavy atom. The zero-order valence-electron chi connectivity index (χ0n) is 13.4. The molecule has 0 fully saturated rings. The fraction of sp³-hybridized carbons (Fsp3) is 0.471. The van der Waals surface area contributed by atoms with Gasteiger partial charge < -0.3 is 5.32 Å². The largest absolute Gasteiger partial charge is 0.308 e. The first-order valence-corrected chi connectivity index (χ1v) is 8.25. The number of thiazole rings is 1. The van der Waals surface area contributed by atoms with Crippen LogP contribution in [0.5, 0.6) is 0 Å². The van der Waals surface area contributed by atoms with Crippen LogP contribution in [0.25, 0.3) is 0 Å². The van der Waals surface area contributed by atoms with Crippen molar-refractivity contribution in [3.05, 3.63) is 52.0 Å². The van der Waals surface area contributed by atoms with E-state index in [4.69, 9.17) is 0 Å². The summed E-state index contributed by atoms with van der Waals surface area (Å²) < 4.78 is 0. The fourth-order valence-corrected chi connectivity index (χ4v) is 2.71. The lowest BCUT2D eigenvalue weighted by Gasteiger charge is -2.21. The summed E-state index contributed by atoms with van der Waals surface area (Å²) in [5, 5.41) is 5.64. The molecule has 0 radical (unpaired) electrons. The van der Waals surface area contributed by atoms with Crippen LogP contribution in [0.4, 0.5) is 0 Å². The number of hydrogen-bond donors (Lipinski definition) is 1. The van der Waals surface area contributed by atoms with Gasteiger partial charge in [0, 0.05) is 30.6 Å². The van der Waals surface area contributed by atoms with Crippen molar-refractivity contribution in [3.63, 3.8) is 0 Å². The van der Waals surface area contributed by atoms with E-state index in [1.807, 2.05) is 5.51 Å². The quantitative estimate of drug-likeness (QED) is 0.882. The van der Waals surface area contributed by atoms with Crippen molar-refractivity contribution in [2.75, 3.05) is 7.05 Å². The van der Waals surface area contributed by atoms with Crippen LogP contribution >= 0.6 is 11.3 Å². The van der Waals surface area contributed by atoms with E-state index in [1.54, 1.807) is 11.3 Å². The van der Waals surface area contributed by atoms with Gasteiger partial charge in [0.05, 0.1) is 11.2 Å². The predicted octanol–water partition coefficient (Wildman–Crippen LogP) is 3.66. The molecule has 0 aliphatic carbocycles. The van der Waals surface area contributed by atoms with Gasteiger partial charge in [0.1, 0.15) is 0 Å². The SMILES string of the molecule is CN(Cc1cccc(CNC(C)(C)C)c1)Cc1cscn1. The lowest BCUT2D eigenvalue weighted by Crippen LogP contribution is -2.35. The van der Waals surface area contributed by atoms with Crippen LogP contribution in [-0.2, 0) is 19.6 Å². The van der Waals surface area contributed by atoms with Crippen LogP contribution in [0, 0.1) is 0 Å². The summed E-state index contributed by atoms with van der Waals surface area (Å²) in [6, 6.07) is 8.81. The van der Waals surface area contributed by atoms with Crippen LogP contribution in [0.3, 0.4) is 0 Å². The third kappa shape index (κ3) is 5.96. The van der Waals surface area contributed by atoms with Crippen molar-refractivity contribution in [1.82, 2.24) is 15.2 Å². The number of aromatic nitrogens is 1. The highest BCUT2D eigenvalue weighted by Crippen LogP contribution is 2.11. The standard InChI is InChI=1S/C17H25N3S/c1-17(2,3)19-9-14-6-5-7-15(8-14)10-20(4)11-16-12-21-13-18-16/h5-8,12-13,19H,9-11H2,1-4H3. The molecule has 0 aliphatic rings. The second-order valence-electron chi connectivity index (χ2n) is 6.58. The average molecular weight is 303 g/mol. The Morgan fingerprint density at radius 1 is 1.19 bits per heavy atom. The highest BCUT2D eigenvalue weighted by atomic mass is 32.1. The van der Waals surface area contributed by atoms with Gasteiger partial charge in [-0.3, -0.25) is 4.90 Å². The molecule has 0 saturated carbocycles. The molecule has 1 heterocycles. The van der Waals surface area contributed by atoms with Gasteiger partial charge in [-0.25, -0.2) is 4.98 Å². The topological polar surface area (TPSA) is 28.2 Å². The first kappa shape index (κ1) is 16.1. The molecule has 0 atom stereocenters. The summed E-state index contributed by atoms with van der Waals surface area (Å²) in [4.78, 5) is 6.64. The third-order valence-corrected chi connectivity index (χ3v) is 3.82. The van der Waals surface area contributed by atoms with Crippen LogP contribution in [-0.4, -0.2) is 22.5 Å². The zero-order chi connectivity index (χ0) is 15.3. The van der Waals surface area contributed by atoms with E-state index in [-0.39, 0.29) is 5.54 Å². The number of nitrogens with zero attached hydrogens (tertiary/aromatic N) is 2. The van der Waals surface area contributed by atoms with Gasteiger partial charge >= 0.3 is 0 Å². The Morgan fingerprint density at radius 2 is 1.95 bits per heavy atom.